The van der Waals surface area contributed by atoms with Crippen LogP contribution >= 0.6 is 0 Å². The Morgan fingerprint density at radius 2 is 1.62 bits per heavy atom. The fourth-order valence-electron chi connectivity index (χ4n) is 4.32. The van der Waals surface area contributed by atoms with Crippen LogP contribution < -0.4 is 10.9 Å². The van der Waals surface area contributed by atoms with Gasteiger partial charge in [-0.1, -0.05) is 48.0 Å². The molecule has 0 aliphatic carbocycles. The zero-order valence-corrected chi connectivity index (χ0v) is 20.5. The van der Waals surface area contributed by atoms with Gasteiger partial charge in [-0.05, 0) is 44.4 Å². The van der Waals surface area contributed by atoms with Crippen LogP contribution in [0.5, 0.6) is 0 Å². The maximum Gasteiger partial charge on any atom is 0.295 e. The molecule has 0 radical (unpaired) electrons. The third kappa shape index (κ3) is 4.85. The van der Waals surface area contributed by atoms with Crippen molar-refractivity contribution in [2.24, 2.45) is 13.0 Å². The topological polar surface area (TPSA) is 93.4 Å². The highest BCUT2D eigenvalue weighted by Crippen LogP contribution is 2.24. The number of sulfonamides is 1. The van der Waals surface area contributed by atoms with Crippen molar-refractivity contribution >= 4 is 21.6 Å². The van der Waals surface area contributed by atoms with E-state index in [4.69, 9.17) is 0 Å². The summed E-state index contributed by atoms with van der Waals surface area (Å²) in [5.74, 6) is -0.650. The molecule has 1 aromatic heterocycles. The number of benzene rings is 2. The molecule has 0 saturated carbocycles. The number of hydrogen-bond acceptors (Lipinski definition) is 4. The van der Waals surface area contributed by atoms with E-state index in [0.717, 1.165) is 11.1 Å². The Bertz CT molecular complexity index is 1330. The van der Waals surface area contributed by atoms with Crippen LogP contribution in [0.3, 0.4) is 0 Å². The van der Waals surface area contributed by atoms with E-state index in [1.165, 1.54) is 8.99 Å². The van der Waals surface area contributed by atoms with E-state index in [-0.39, 0.29) is 41.9 Å². The minimum absolute atomic E-state index is 0.0492. The standard InChI is InChI=1S/C25H30N4O4S/c1-18-9-11-20(12-10-18)17-34(32,33)28-15-13-21(14-16-28)24(30)26-23-19(2)27(3)29(25(23)31)22-7-5-4-6-8-22/h4-12,21H,13-17H2,1-3H3,(H,26,30). The highest BCUT2D eigenvalue weighted by atomic mass is 32.2. The second kappa shape index (κ2) is 9.60. The van der Waals surface area contributed by atoms with E-state index in [2.05, 4.69) is 5.32 Å². The number of para-hydroxylation sites is 1. The fraction of sp³-hybridized carbons (Fsp3) is 0.360. The molecule has 34 heavy (non-hydrogen) atoms. The Morgan fingerprint density at radius 1 is 1.00 bits per heavy atom. The molecule has 1 N–H and O–H groups in total. The lowest BCUT2D eigenvalue weighted by atomic mass is 9.97. The molecule has 0 unspecified atom stereocenters. The summed E-state index contributed by atoms with van der Waals surface area (Å²) in [6.07, 6.45) is 0.829. The number of amides is 1. The van der Waals surface area contributed by atoms with Crippen molar-refractivity contribution in [3.63, 3.8) is 0 Å². The quantitative estimate of drug-likeness (QED) is 0.585. The first kappa shape index (κ1) is 24.0. The zero-order chi connectivity index (χ0) is 24.5. The van der Waals surface area contributed by atoms with Gasteiger partial charge in [0, 0.05) is 26.1 Å². The van der Waals surface area contributed by atoms with Crippen molar-refractivity contribution < 1.29 is 13.2 Å². The highest BCUT2D eigenvalue weighted by molar-refractivity contribution is 7.88. The zero-order valence-electron chi connectivity index (χ0n) is 19.7. The summed E-state index contributed by atoms with van der Waals surface area (Å²) in [7, 11) is -1.68. The Morgan fingerprint density at radius 3 is 2.24 bits per heavy atom. The van der Waals surface area contributed by atoms with Gasteiger partial charge in [0.1, 0.15) is 5.69 Å². The third-order valence-corrected chi connectivity index (χ3v) is 8.34. The SMILES string of the molecule is Cc1ccc(CS(=O)(=O)N2CCC(C(=O)Nc3c(C)n(C)n(-c4ccccc4)c3=O)CC2)cc1. The number of nitrogens with one attached hydrogen (secondary N) is 1. The maximum absolute atomic E-state index is 13.0. The molecule has 1 amide bonds. The van der Waals surface area contributed by atoms with Gasteiger partial charge in [0.05, 0.1) is 17.1 Å². The summed E-state index contributed by atoms with van der Waals surface area (Å²) in [5.41, 5.74) is 3.16. The molecule has 3 aromatic rings. The van der Waals surface area contributed by atoms with E-state index in [0.29, 0.717) is 24.2 Å². The Balaban J connectivity index is 1.42. The Hall–Kier alpha value is -3.17. The lowest BCUT2D eigenvalue weighted by molar-refractivity contribution is -0.120. The largest absolute Gasteiger partial charge is 0.320 e. The van der Waals surface area contributed by atoms with Crippen molar-refractivity contribution in [1.29, 1.82) is 0 Å². The number of aryl methyl sites for hydroxylation is 1. The van der Waals surface area contributed by atoms with Gasteiger partial charge in [0.25, 0.3) is 5.56 Å². The molecule has 9 heteroatoms. The summed E-state index contributed by atoms with van der Waals surface area (Å²) < 4.78 is 30.4. The first-order valence-electron chi connectivity index (χ1n) is 11.4. The predicted molar refractivity (Wildman–Crippen MR) is 132 cm³/mol. The third-order valence-electron chi connectivity index (χ3n) is 6.49. The van der Waals surface area contributed by atoms with Crippen LogP contribution in [0.2, 0.25) is 0 Å². The van der Waals surface area contributed by atoms with Crippen LogP contribution in [0.25, 0.3) is 5.69 Å². The molecule has 1 aliphatic heterocycles. The van der Waals surface area contributed by atoms with Crippen LogP contribution in [0.1, 0.15) is 29.7 Å². The molecule has 1 fully saturated rings. The molecular weight excluding hydrogens is 452 g/mol. The summed E-state index contributed by atoms with van der Waals surface area (Å²) in [5, 5.41) is 2.82. The molecule has 8 nitrogen and oxygen atoms in total. The summed E-state index contributed by atoms with van der Waals surface area (Å²) in [4.78, 5) is 26.0. The summed E-state index contributed by atoms with van der Waals surface area (Å²) >= 11 is 0. The van der Waals surface area contributed by atoms with Crippen molar-refractivity contribution in [2.75, 3.05) is 18.4 Å². The van der Waals surface area contributed by atoms with E-state index in [9.17, 15) is 18.0 Å². The summed E-state index contributed by atoms with van der Waals surface area (Å²) in [6.45, 7) is 4.32. The van der Waals surface area contributed by atoms with Crippen LogP contribution in [0, 0.1) is 19.8 Å². The first-order valence-corrected chi connectivity index (χ1v) is 13.0. The molecule has 4 rings (SSSR count). The average molecular weight is 483 g/mol. The summed E-state index contributed by atoms with van der Waals surface area (Å²) in [6, 6.07) is 16.7. The highest BCUT2D eigenvalue weighted by Gasteiger charge is 2.32. The van der Waals surface area contributed by atoms with Gasteiger partial charge < -0.3 is 5.32 Å². The molecular formula is C25H30N4O4S. The van der Waals surface area contributed by atoms with E-state index >= 15 is 0 Å². The van der Waals surface area contributed by atoms with Gasteiger partial charge >= 0.3 is 0 Å². The van der Waals surface area contributed by atoms with E-state index in [1.807, 2.05) is 61.5 Å². The van der Waals surface area contributed by atoms with Gasteiger partial charge in [-0.25, -0.2) is 17.4 Å². The van der Waals surface area contributed by atoms with Gasteiger partial charge in [-0.3, -0.25) is 14.3 Å². The van der Waals surface area contributed by atoms with E-state index < -0.39 is 10.0 Å². The molecule has 1 aliphatic rings. The van der Waals surface area contributed by atoms with Crippen molar-refractivity contribution in [1.82, 2.24) is 13.7 Å². The number of aromatic nitrogens is 2. The number of rotatable bonds is 6. The monoisotopic (exact) mass is 482 g/mol. The van der Waals surface area contributed by atoms with Crippen molar-refractivity contribution in [3.05, 3.63) is 81.8 Å². The van der Waals surface area contributed by atoms with Crippen molar-refractivity contribution in [3.8, 4) is 5.69 Å². The molecule has 0 bridgehead atoms. The van der Waals surface area contributed by atoms with Gasteiger partial charge in [-0.2, -0.15) is 0 Å². The Labute approximate surface area is 199 Å². The molecule has 1 saturated heterocycles. The maximum atomic E-state index is 13.0. The van der Waals surface area contributed by atoms with Crippen LogP contribution in [-0.2, 0) is 27.6 Å². The van der Waals surface area contributed by atoms with E-state index in [1.54, 1.807) is 18.7 Å². The molecule has 180 valence electrons. The number of anilines is 1. The van der Waals surface area contributed by atoms with Crippen LogP contribution in [0.4, 0.5) is 5.69 Å². The number of carbonyl (C=O) groups is 1. The molecule has 0 atom stereocenters. The van der Waals surface area contributed by atoms with Crippen LogP contribution in [0.15, 0.2) is 59.4 Å². The predicted octanol–water partition coefficient (Wildman–Crippen LogP) is 2.97. The number of carbonyl (C=O) groups excluding carboxylic acids is 1. The lowest BCUT2D eigenvalue weighted by Gasteiger charge is -2.30. The van der Waals surface area contributed by atoms with Gasteiger partial charge in [-0.15, -0.1) is 0 Å². The average Bonchev–Trinajstić information content (AvgIpc) is 3.04. The minimum Gasteiger partial charge on any atom is -0.320 e. The number of nitrogens with zero attached hydrogens (tertiary/aromatic N) is 3. The van der Waals surface area contributed by atoms with Crippen LogP contribution in [-0.4, -0.2) is 41.1 Å². The second-order valence-corrected chi connectivity index (χ2v) is 10.8. The number of piperidine rings is 1. The molecule has 2 aromatic carbocycles. The van der Waals surface area contributed by atoms with Crippen molar-refractivity contribution in [2.45, 2.75) is 32.4 Å². The van der Waals surface area contributed by atoms with Gasteiger partial charge in [0.15, 0.2) is 0 Å². The lowest BCUT2D eigenvalue weighted by Crippen LogP contribution is -2.42. The first-order chi connectivity index (χ1) is 16.2. The smallest absolute Gasteiger partial charge is 0.295 e. The minimum atomic E-state index is -3.46. The molecule has 2 heterocycles. The second-order valence-electron chi connectivity index (χ2n) is 8.84. The van der Waals surface area contributed by atoms with Gasteiger partial charge in [0.2, 0.25) is 15.9 Å². The Kier molecular flexibility index (Phi) is 6.77. The fourth-order valence-corrected chi connectivity index (χ4v) is 5.88. The molecule has 0 spiro atoms. The number of hydrogen-bond donors (Lipinski definition) is 1. The normalized spacial score (nSPS) is 15.4.